The monoisotopic (exact) mass is 420 g/mol. The van der Waals surface area contributed by atoms with Crippen LogP contribution in [0.1, 0.15) is 50.0 Å². The van der Waals surface area contributed by atoms with Crippen LogP contribution in [0.3, 0.4) is 0 Å². The SMILES string of the molecule is CCOC(=O)Cc1csc(C(Cc2ccc(OC)cc2)NC(=O)OC(C)(C)C)n1. The van der Waals surface area contributed by atoms with Gasteiger partial charge in [0.05, 0.1) is 31.9 Å². The number of aromatic nitrogens is 1. The molecule has 1 unspecified atom stereocenters. The molecular weight excluding hydrogens is 392 g/mol. The minimum atomic E-state index is -0.604. The van der Waals surface area contributed by atoms with Crippen LogP contribution < -0.4 is 10.1 Å². The van der Waals surface area contributed by atoms with E-state index in [0.29, 0.717) is 23.7 Å². The lowest BCUT2D eigenvalue weighted by molar-refractivity contribution is -0.142. The normalized spacial score (nSPS) is 12.2. The van der Waals surface area contributed by atoms with Gasteiger partial charge in [0.2, 0.25) is 0 Å². The average molecular weight is 421 g/mol. The van der Waals surface area contributed by atoms with Crippen molar-refractivity contribution in [3.63, 3.8) is 0 Å². The first kappa shape index (κ1) is 22.7. The third-order valence-corrected chi connectivity index (χ3v) is 4.80. The van der Waals surface area contributed by atoms with E-state index in [1.165, 1.54) is 11.3 Å². The summed E-state index contributed by atoms with van der Waals surface area (Å²) >= 11 is 1.39. The number of hydrogen-bond acceptors (Lipinski definition) is 7. The predicted molar refractivity (Wildman–Crippen MR) is 111 cm³/mol. The maximum Gasteiger partial charge on any atom is 0.408 e. The van der Waals surface area contributed by atoms with Crippen LogP contribution in [0.15, 0.2) is 29.6 Å². The van der Waals surface area contributed by atoms with Crippen molar-refractivity contribution in [2.24, 2.45) is 0 Å². The molecule has 0 radical (unpaired) electrons. The molecule has 1 aromatic heterocycles. The number of carbonyl (C=O) groups is 2. The van der Waals surface area contributed by atoms with Gasteiger partial charge in [-0.25, -0.2) is 9.78 Å². The molecule has 29 heavy (non-hydrogen) atoms. The first-order chi connectivity index (χ1) is 13.7. The first-order valence-corrected chi connectivity index (χ1v) is 10.3. The van der Waals surface area contributed by atoms with Crippen molar-refractivity contribution in [1.82, 2.24) is 10.3 Å². The summed E-state index contributed by atoms with van der Waals surface area (Å²) in [6.07, 6.45) is 0.111. The van der Waals surface area contributed by atoms with E-state index in [-0.39, 0.29) is 18.4 Å². The van der Waals surface area contributed by atoms with Gasteiger partial charge in [-0.2, -0.15) is 0 Å². The van der Waals surface area contributed by atoms with Crippen LogP contribution in [-0.4, -0.2) is 36.4 Å². The van der Waals surface area contributed by atoms with Gasteiger partial charge >= 0.3 is 12.1 Å². The zero-order valence-electron chi connectivity index (χ0n) is 17.5. The molecular formula is C21H28N2O5S. The summed E-state index contributed by atoms with van der Waals surface area (Å²) in [6, 6.07) is 7.23. The number of thiazole rings is 1. The molecule has 0 fully saturated rings. The largest absolute Gasteiger partial charge is 0.497 e. The second kappa shape index (κ2) is 10.2. The molecule has 2 rings (SSSR count). The fourth-order valence-electron chi connectivity index (χ4n) is 2.57. The second-order valence-corrected chi connectivity index (χ2v) is 8.30. The Morgan fingerprint density at radius 1 is 1.21 bits per heavy atom. The van der Waals surface area contributed by atoms with Crippen LogP contribution >= 0.6 is 11.3 Å². The predicted octanol–water partition coefficient (Wildman–Crippen LogP) is 4.07. The lowest BCUT2D eigenvalue weighted by Crippen LogP contribution is -2.35. The number of nitrogens with one attached hydrogen (secondary N) is 1. The van der Waals surface area contributed by atoms with E-state index >= 15 is 0 Å². The molecule has 1 amide bonds. The highest BCUT2D eigenvalue weighted by Gasteiger charge is 2.23. The molecule has 0 bridgehead atoms. The van der Waals surface area contributed by atoms with Gasteiger partial charge in [0, 0.05) is 5.38 Å². The van der Waals surface area contributed by atoms with Crippen molar-refractivity contribution < 1.29 is 23.8 Å². The Kier molecular flexibility index (Phi) is 8.01. The van der Waals surface area contributed by atoms with Gasteiger partial charge in [0.15, 0.2) is 0 Å². The van der Waals surface area contributed by atoms with Crippen LogP contribution in [-0.2, 0) is 27.1 Å². The highest BCUT2D eigenvalue weighted by Crippen LogP contribution is 2.24. The van der Waals surface area contributed by atoms with Crippen LogP contribution in [0.2, 0.25) is 0 Å². The fraction of sp³-hybridized carbons (Fsp3) is 0.476. The van der Waals surface area contributed by atoms with Crippen molar-refractivity contribution in [1.29, 1.82) is 0 Å². The lowest BCUT2D eigenvalue weighted by Gasteiger charge is -2.23. The Morgan fingerprint density at radius 3 is 2.48 bits per heavy atom. The Balaban J connectivity index is 2.18. The number of nitrogens with zero attached hydrogens (tertiary/aromatic N) is 1. The maximum atomic E-state index is 12.4. The Morgan fingerprint density at radius 2 is 1.90 bits per heavy atom. The first-order valence-electron chi connectivity index (χ1n) is 9.42. The van der Waals surface area contributed by atoms with Gasteiger partial charge in [-0.1, -0.05) is 12.1 Å². The van der Waals surface area contributed by atoms with Gasteiger partial charge in [-0.05, 0) is 51.8 Å². The Hall–Kier alpha value is -2.61. The number of hydrogen-bond donors (Lipinski definition) is 1. The molecule has 1 heterocycles. The molecule has 0 spiro atoms. The molecule has 8 heteroatoms. The van der Waals surface area contributed by atoms with E-state index in [1.807, 2.05) is 50.4 Å². The van der Waals surface area contributed by atoms with Crippen molar-refractivity contribution in [3.8, 4) is 5.75 Å². The Labute approximate surface area is 175 Å². The fourth-order valence-corrected chi connectivity index (χ4v) is 3.44. The number of alkyl carbamates (subject to hydrolysis) is 1. The van der Waals surface area contributed by atoms with Crippen LogP contribution in [0, 0.1) is 0 Å². The van der Waals surface area contributed by atoms with E-state index < -0.39 is 11.7 Å². The molecule has 0 saturated heterocycles. The molecule has 1 aromatic carbocycles. The third-order valence-electron chi connectivity index (χ3n) is 3.79. The van der Waals surface area contributed by atoms with Crippen LogP contribution in [0.4, 0.5) is 4.79 Å². The second-order valence-electron chi connectivity index (χ2n) is 7.41. The van der Waals surface area contributed by atoms with Crippen molar-refractivity contribution in [2.75, 3.05) is 13.7 Å². The van der Waals surface area contributed by atoms with Crippen molar-refractivity contribution in [3.05, 3.63) is 45.9 Å². The molecule has 7 nitrogen and oxygen atoms in total. The number of amides is 1. The lowest BCUT2D eigenvalue weighted by atomic mass is 10.1. The van der Waals surface area contributed by atoms with Gasteiger partial charge in [-0.3, -0.25) is 4.79 Å². The minimum absolute atomic E-state index is 0.103. The molecule has 1 N–H and O–H groups in total. The number of rotatable bonds is 8. The van der Waals surface area contributed by atoms with E-state index in [0.717, 1.165) is 11.3 Å². The number of methoxy groups -OCH3 is 1. The highest BCUT2D eigenvalue weighted by atomic mass is 32.1. The van der Waals surface area contributed by atoms with Crippen LogP contribution in [0.25, 0.3) is 0 Å². The Bertz CT molecular complexity index is 811. The van der Waals surface area contributed by atoms with Gasteiger partial charge < -0.3 is 19.5 Å². The number of carbonyl (C=O) groups excluding carboxylic acids is 2. The number of benzene rings is 1. The third kappa shape index (κ3) is 7.73. The van der Waals surface area contributed by atoms with Gasteiger partial charge in [-0.15, -0.1) is 11.3 Å². The van der Waals surface area contributed by atoms with Crippen molar-refractivity contribution in [2.45, 2.75) is 52.2 Å². The summed E-state index contributed by atoms with van der Waals surface area (Å²) in [5, 5.41) is 5.41. The molecule has 0 saturated carbocycles. The molecule has 158 valence electrons. The van der Waals surface area contributed by atoms with E-state index in [4.69, 9.17) is 14.2 Å². The van der Waals surface area contributed by atoms with E-state index in [2.05, 4.69) is 10.3 Å². The molecule has 1 atom stereocenters. The number of esters is 1. The smallest absolute Gasteiger partial charge is 0.408 e. The standard InChI is InChI=1S/C21H28N2O5S/c1-6-27-18(24)12-15-13-29-19(22-15)17(23-20(25)28-21(2,3)4)11-14-7-9-16(26-5)10-8-14/h7-10,13,17H,6,11-12H2,1-5H3,(H,23,25). The molecule has 2 aromatic rings. The highest BCUT2D eigenvalue weighted by molar-refractivity contribution is 7.09. The van der Waals surface area contributed by atoms with E-state index in [9.17, 15) is 9.59 Å². The average Bonchev–Trinajstić information content (AvgIpc) is 3.08. The van der Waals surface area contributed by atoms with E-state index in [1.54, 1.807) is 14.0 Å². The zero-order chi connectivity index (χ0) is 21.4. The zero-order valence-corrected chi connectivity index (χ0v) is 18.3. The summed E-state index contributed by atoms with van der Waals surface area (Å²) < 4.78 is 15.6. The molecule has 0 aliphatic heterocycles. The summed E-state index contributed by atoms with van der Waals surface area (Å²) in [5.41, 5.74) is 1.02. The quantitative estimate of drug-likeness (QED) is 0.648. The topological polar surface area (TPSA) is 86.8 Å². The summed E-state index contributed by atoms with van der Waals surface area (Å²) in [7, 11) is 1.61. The molecule has 0 aliphatic carbocycles. The van der Waals surface area contributed by atoms with Crippen LogP contribution in [0.5, 0.6) is 5.75 Å². The van der Waals surface area contributed by atoms with Crippen molar-refractivity contribution >= 4 is 23.4 Å². The molecule has 0 aliphatic rings. The summed E-state index contributed by atoms with van der Waals surface area (Å²) in [5.74, 6) is 0.438. The van der Waals surface area contributed by atoms with Gasteiger partial charge in [0.1, 0.15) is 16.4 Å². The summed E-state index contributed by atoms with van der Waals surface area (Å²) in [4.78, 5) is 28.6. The summed E-state index contributed by atoms with van der Waals surface area (Å²) in [6.45, 7) is 7.53. The maximum absolute atomic E-state index is 12.4. The minimum Gasteiger partial charge on any atom is -0.497 e. The number of ether oxygens (including phenoxy) is 3. The van der Waals surface area contributed by atoms with Gasteiger partial charge in [0.25, 0.3) is 0 Å².